The highest BCUT2D eigenvalue weighted by Gasteiger charge is 2.26. The highest BCUT2D eigenvalue weighted by atomic mass is 32.1. The number of nitrogens with zero attached hydrogens (tertiary/aromatic N) is 3. The number of hydrogen-bond donors (Lipinski definition) is 2. The number of rotatable bonds is 4. The Morgan fingerprint density at radius 2 is 2.20 bits per heavy atom. The quantitative estimate of drug-likeness (QED) is 0.755. The minimum Gasteiger partial charge on any atom is -0.373 e. The smallest absolute Gasteiger partial charge is 0.243 e. The van der Waals surface area contributed by atoms with Gasteiger partial charge in [0.1, 0.15) is 6.04 Å². The Bertz CT molecular complexity index is 909. The monoisotopic (exact) mass is 351 g/mol. The zero-order valence-electron chi connectivity index (χ0n) is 13.7. The summed E-state index contributed by atoms with van der Waals surface area (Å²) in [6.07, 6.45) is 4.09. The molecule has 3 aromatic rings. The molecule has 3 heterocycles. The van der Waals surface area contributed by atoms with E-state index in [1.807, 2.05) is 11.4 Å². The van der Waals surface area contributed by atoms with E-state index in [4.69, 9.17) is 0 Å². The lowest BCUT2D eigenvalue weighted by Gasteiger charge is -2.11. The van der Waals surface area contributed by atoms with Gasteiger partial charge in [0.25, 0.3) is 0 Å². The molecule has 0 bridgehead atoms. The van der Waals surface area contributed by atoms with Crippen LogP contribution in [0, 0.1) is 6.92 Å². The molecule has 1 aliphatic heterocycles. The van der Waals surface area contributed by atoms with E-state index in [1.165, 1.54) is 22.5 Å². The van der Waals surface area contributed by atoms with Gasteiger partial charge in [-0.15, -0.1) is 11.3 Å². The van der Waals surface area contributed by atoms with Gasteiger partial charge >= 0.3 is 0 Å². The molecule has 126 valence electrons. The van der Waals surface area contributed by atoms with Crippen LogP contribution in [0.15, 0.2) is 42.0 Å². The molecule has 0 saturated carbocycles. The van der Waals surface area contributed by atoms with Gasteiger partial charge in [0.05, 0.1) is 12.2 Å². The van der Waals surface area contributed by atoms with Crippen molar-refractivity contribution in [2.75, 3.05) is 5.32 Å². The molecule has 0 spiro atoms. The maximum absolute atomic E-state index is 12.4. The molecule has 0 unspecified atom stereocenters. The molecule has 0 aliphatic carbocycles. The highest BCUT2D eigenvalue weighted by Crippen LogP contribution is 2.26. The third kappa shape index (κ3) is 3.36. The fourth-order valence-electron chi connectivity index (χ4n) is 2.85. The lowest BCUT2D eigenvalue weighted by Crippen LogP contribution is -2.38. The van der Waals surface area contributed by atoms with Crippen LogP contribution in [-0.4, -0.2) is 26.9 Å². The Balaban J connectivity index is 1.36. The number of thiazole rings is 1. The number of carbonyl (C=O) groups is 1. The fourth-order valence-corrected chi connectivity index (χ4v) is 3.61. The zero-order chi connectivity index (χ0) is 17.2. The van der Waals surface area contributed by atoms with Crippen molar-refractivity contribution < 1.29 is 4.79 Å². The average Bonchev–Trinajstić information content (AvgIpc) is 3.27. The minimum atomic E-state index is -0.229. The number of benzene rings is 1. The van der Waals surface area contributed by atoms with Crippen LogP contribution in [0.1, 0.15) is 16.8 Å². The Kier molecular flexibility index (Phi) is 4.15. The molecule has 7 heteroatoms. The van der Waals surface area contributed by atoms with Gasteiger partial charge in [0.2, 0.25) is 5.91 Å². The summed E-state index contributed by atoms with van der Waals surface area (Å²) in [5.41, 5.74) is 4.26. The number of aryl methyl sites for hydroxylation is 1. The summed E-state index contributed by atoms with van der Waals surface area (Å²) in [6.45, 7) is 2.46. The minimum absolute atomic E-state index is 0.0145. The van der Waals surface area contributed by atoms with Crippen LogP contribution in [0.5, 0.6) is 0 Å². The molecule has 0 saturated heterocycles. The molecule has 25 heavy (non-hydrogen) atoms. The van der Waals surface area contributed by atoms with Gasteiger partial charge in [-0.05, 0) is 24.6 Å². The van der Waals surface area contributed by atoms with Gasteiger partial charge in [-0.3, -0.25) is 4.79 Å². The Labute approximate surface area is 149 Å². The Morgan fingerprint density at radius 3 is 3.04 bits per heavy atom. The normalized spacial score (nSPS) is 15.5. The molecule has 1 amide bonds. The molecule has 2 N–H and O–H groups in total. The predicted molar refractivity (Wildman–Crippen MR) is 97.3 cm³/mol. The fraction of sp³-hybridized carbons (Fsp3) is 0.222. The van der Waals surface area contributed by atoms with Gasteiger partial charge in [-0.25, -0.2) is 15.0 Å². The number of hydrogen-bond acceptors (Lipinski definition) is 6. The summed E-state index contributed by atoms with van der Waals surface area (Å²) >= 11 is 1.47. The maximum atomic E-state index is 12.4. The van der Waals surface area contributed by atoms with Crippen molar-refractivity contribution in [3.8, 4) is 10.8 Å². The van der Waals surface area contributed by atoms with Crippen molar-refractivity contribution in [1.82, 2.24) is 20.3 Å². The van der Waals surface area contributed by atoms with E-state index in [0.29, 0.717) is 18.8 Å². The molecule has 1 aliphatic rings. The van der Waals surface area contributed by atoms with E-state index in [2.05, 4.69) is 44.6 Å². The molecule has 4 rings (SSSR count). The van der Waals surface area contributed by atoms with E-state index in [9.17, 15) is 4.79 Å². The molecule has 1 aromatic carbocycles. The molecule has 2 aromatic heterocycles. The summed E-state index contributed by atoms with van der Waals surface area (Å²) in [5.74, 6) is 0.590. The predicted octanol–water partition coefficient (Wildman–Crippen LogP) is 2.56. The second kappa shape index (κ2) is 6.60. The molecule has 6 nitrogen and oxygen atoms in total. The van der Waals surface area contributed by atoms with Crippen molar-refractivity contribution in [3.63, 3.8) is 0 Å². The number of fused-ring (bicyclic) bond motifs is 1. The topological polar surface area (TPSA) is 79.8 Å². The summed E-state index contributed by atoms with van der Waals surface area (Å²) in [7, 11) is 0. The van der Waals surface area contributed by atoms with E-state index < -0.39 is 0 Å². The van der Waals surface area contributed by atoms with Crippen molar-refractivity contribution in [2.24, 2.45) is 0 Å². The van der Waals surface area contributed by atoms with Gasteiger partial charge in [0, 0.05) is 29.9 Å². The third-order valence-electron chi connectivity index (χ3n) is 4.08. The number of carbonyl (C=O) groups excluding carboxylic acids is 1. The zero-order valence-corrected chi connectivity index (χ0v) is 14.5. The second-order valence-electron chi connectivity index (χ2n) is 6.00. The van der Waals surface area contributed by atoms with E-state index in [1.54, 1.807) is 18.5 Å². The number of nitrogens with one attached hydrogen (secondary N) is 2. The maximum Gasteiger partial charge on any atom is 0.243 e. The van der Waals surface area contributed by atoms with Crippen molar-refractivity contribution >= 4 is 22.9 Å². The highest BCUT2D eigenvalue weighted by molar-refractivity contribution is 7.13. The lowest BCUT2D eigenvalue weighted by atomic mass is 10.1. The molecular formula is C18H17N5OS. The summed E-state index contributed by atoms with van der Waals surface area (Å²) in [4.78, 5) is 25.3. The molecule has 0 radical (unpaired) electrons. The van der Waals surface area contributed by atoms with Crippen LogP contribution in [0.25, 0.3) is 10.8 Å². The molecular weight excluding hydrogens is 334 g/mol. The van der Waals surface area contributed by atoms with Gasteiger partial charge < -0.3 is 10.6 Å². The molecule has 1 atom stereocenters. The third-order valence-corrected chi connectivity index (χ3v) is 4.97. The van der Waals surface area contributed by atoms with E-state index >= 15 is 0 Å². The van der Waals surface area contributed by atoms with Crippen LogP contribution < -0.4 is 10.6 Å². The first kappa shape index (κ1) is 15.7. The first-order valence-corrected chi connectivity index (χ1v) is 8.92. The summed E-state index contributed by atoms with van der Waals surface area (Å²) < 4.78 is 0. The standard InChI is InChI=1S/C18H17N5OS/c1-11-3-4-14-12(7-11)8-15(23-14)17(24)21-9-13-10-25-18(22-13)16-19-5-2-6-20-16/h2-7,10,15,23H,8-9H2,1H3,(H,21,24)/t15-/m0/s1. The Morgan fingerprint density at radius 1 is 1.36 bits per heavy atom. The second-order valence-corrected chi connectivity index (χ2v) is 6.85. The molecule has 0 fully saturated rings. The number of amides is 1. The first-order chi connectivity index (χ1) is 12.2. The van der Waals surface area contributed by atoms with Crippen molar-refractivity contribution in [2.45, 2.75) is 25.9 Å². The lowest BCUT2D eigenvalue weighted by molar-refractivity contribution is -0.121. The largest absolute Gasteiger partial charge is 0.373 e. The van der Waals surface area contributed by atoms with E-state index in [-0.39, 0.29) is 11.9 Å². The van der Waals surface area contributed by atoms with Crippen LogP contribution in [0.2, 0.25) is 0 Å². The van der Waals surface area contributed by atoms with Crippen molar-refractivity contribution in [3.05, 3.63) is 58.9 Å². The first-order valence-electron chi connectivity index (χ1n) is 8.04. The number of anilines is 1. The van der Waals surface area contributed by atoms with Gasteiger partial charge in [0.15, 0.2) is 10.8 Å². The SMILES string of the molecule is Cc1ccc2c(c1)C[C@@H](C(=O)NCc1csc(-c3ncccn3)n1)N2. The average molecular weight is 351 g/mol. The Hall–Kier alpha value is -2.80. The van der Waals surface area contributed by atoms with Crippen LogP contribution in [0.3, 0.4) is 0 Å². The van der Waals surface area contributed by atoms with E-state index in [0.717, 1.165) is 16.4 Å². The van der Waals surface area contributed by atoms with Crippen LogP contribution >= 0.6 is 11.3 Å². The van der Waals surface area contributed by atoms with Crippen LogP contribution in [-0.2, 0) is 17.8 Å². The van der Waals surface area contributed by atoms with Crippen molar-refractivity contribution in [1.29, 1.82) is 0 Å². The summed E-state index contributed by atoms with van der Waals surface area (Å²) in [6, 6.07) is 7.75. The van der Waals surface area contributed by atoms with Crippen LogP contribution in [0.4, 0.5) is 5.69 Å². The van der Waals surface area contributed by atoms with Gasteiger partial charge in [-0.1, -0.05) is 17.7 Å². The van der Waals surface area contributed by atoms with Gasteiger partial charge in [-0.2, -0.15) is 0 Å². The summed E-state index contributed by atoms with van der Waals surface area (Å²) in [5, 5.41) is 8.91. The number of aromatic nitrogens is 3.